The van der Waals surface area contributed by atoms with Gasteiger partial charge in [-0.05, 0) is 13.0 Å². The maximum Gasteiger partial charge on any atom is 0.187 e. The van der Waals surface area contributed by atoms with Crippen LogP contribution < -0.4 is 5.73 Å². The van der Waals surface area contributed by atoms with Crippen LogP contribution in [0.1, 0.15) is 11.5 Å². The van der Waals surface area contributed by atoms with Gasteiger partial charge in [0.1, 0.15) is 4.99 Å². The molecular formula is C6H7N3S. The average molecular weight is 153 g/mol. The first-order valence-corrected chi connectivity index (χ1v) is 3.20. The van der Waals surface area contributed by atoms with Crippen LogP contribution in [0, 0.1) is 6.92 Å². The lowest BCUT2D eigenvalue weighted by atomic mass is 10.4. The van der Waals surface area contributed by atoms with Crippen molar-refractivity contribution in [1.82, 2.24) is 9.97 Å². The minimum absolute atomic E-state index is 0.240. The molecule has 0 aromatic carbocycles. The molecular weight excluding hydrogens is 146 g/mol. The van der Waals surface area contributed by atoms with Crippen LogP contribution in [0.2, 0.25) is 0 Å². The van der Waals surface area contributed by atoms with Gasteiger partial charge >= 0.3 is 0 Å². The molecule has 0 aliphatic rings. The van der Waals surface area contributed by atoms with E-state index in [-0.39, 0.29) is 4.99 Å². The normalized spacial score (nSPS) is 9.30. The van der Waals surface area contributed by atoms with Gasteiger partial charge in [0.05, 0.1) is 0 Å². The van der Waals surface area contributed by atoms with Gasteiger partial charge in [0.2, 0.25) is 0 Å². The summed E-state index contributed by atoms with van der Waals surface area (Å²) in [5.41, 5.74) is 6.16. The number of nitrogens with two attached hydrogens (primary N) is 1. The topological polar surface area (TPSA) is 51.8 Å². The van der Waals surface area contributed by atoms with Crippen molar-refractivity contribution in [1.29, 1.82) is 0 Å². The summed E-state index contributed by atoms with van der Waals surface area (Å²) in [5, 5.41) is 0. The monoisotopic (exact) mass is 153 g/mol. The summed E-state index contributed by atoms with van der Waals surface area (Å²) in [7, 11) is 0. The van der Waals surface area contributed by atoms with E-state index in [1.54, 1.807) is 12.3 Å². The van der Waals surface area contributed by atoms with Crippen LogP contribution in [0.25, 0.3) is 0 Å². The van der Waals surface area contributed by atoms with Crippen LogP contribution in [0.3, 0.4) is 0 Å². The maximum absolute atomic E-state index is 5.29. The molecule has 2 N–H and O–H groups in total. The molecule has 0 amide bonds. The molecule has 3 nitrogen and oxygen atoms in total. The molecule has 52 valence electrons. The van der Waals surface area contributed by atoms with Crippen molar-refractivity contribution in [3.05, 3.63) is 23.8 Å². The van der Waals surface area contributed by atoms with E-state index in [1.165, 1.54) is 0 Å². The molecule has 1 rings (SSSR count). The van der Waals surface area contributed by atoms with Gasteiger partial charge in [0.15, 0.2) is 5.82 Å². The first-order chi connectivity index (χ1) is 4.70. The van der Waals surface area contributed by atoms with E-state index >= 15 is 0 Å². The molecule has 1 heterocycles. The van der Waals surface area contributed by atoms with Gasteiger partial charge in [-0.3, -0.25) is 0 Å². The minimum Gasteiger partial charge on any atom is -0.387 e. The predicted molar refractivity (Wildman–Crippen MR) is 42.7 cm³/mol. The fourth-order valence-corrected chi connectivity index (χ4v) is 0.666. The molecule has 0 unspecified atom stereocenters. The van der Waals surface area contributed by atoms with Crippen molar-refractivity contribution >= 4 is 17.2 Å². The SMILES string of the molecule is Cc1ccnc(C(N)=S)n1. The molecule has 1 aromatic heterocycles. The highest BCUT2D eigenvalue weighted by atomic mass is 32.1. The molecule has 10 heavy (non-hydrogen) atoms. The van der Waals surface area contributed by atoms with E-state index in [2.05, 4.69) is 22.2 Å². The second-order valence-corrected chi connectivity index (χ2v) is 2.33. The number of aromatic nitrogens is 2. The molecule has 0 radical (unpaired) electrons. The number of nitrogens with zero attached hydrogens (tertiary/aromatic N) is 2. The predicted octanol–water partition coefficient (Wildman–Crippen LogP) is 0.419. The lowest BCUT2D eigenvalue weighted by Crippen LogP contribution is -2.13. The van der Waals surface area contributed by atoms with E-state index in [9.17, 15) is 0 Å². The molecule has 0 aliphatic heterocycles. The zero-order chi connectivity index (χ0) is 7.56. The first kappa shape index (κ1) is 7.08. The Labute approximate surface area is 64.3 Å². The summed E-state index contributed by atoms with van der Waals surface area (Å²) in [4.78, 5) is 8.10. The Hall–Kier alpha value is -1.03. The summed E-state index contributed by atoms with van der Waals surface area (Å²) in [5.74, 6) is 0.440. The number of hydrogen-bond acceptors (Lipinski definition) is 3. The lowest BCUT2D eigenvalue weighted by Gasteiger charge is -1.95. The number of aryl methyl sites for hydroxylation is 1. The third-order valence-corrected chi connectivity index (χ3v) is 1.20. The van der Waals surface area contributed by atoms with Crippen LogP contribution >= 0.6 is 12.2 Å². The first-order valence-electron chi connectivity index (χ1n) is 2.79. The van der Waals surface area contributed by atoms with Gasteiger partial charge in [0, 0.05) is 11.9 Å². The van der Waals surface area contributed by atoms with Crippen LogP contribution in [0.5, 0.6) is 0 Å². The van der Waals surface area contributed by atoms with Crippen molar-refractivity contribution in [2.24, 2.45) is 5.73 Å². The van der Waals surface area contributed by atoms with E-state index in [1.807, 2.05) is 6.92 Å². The summed E-state index contributed by atoms with van der Waals surface area (Å²) in [6.07, 6.45) is 1.64. The summed E-state index contributed by atoms with van der Waals surface area (Å²) < 4.78 is 0. The maximum atomic E-state index is 5.29. The molecule has 0 saturated heterocycles. The summed E-state index contributed by atoms with van der Waals surface area (Å²) >= 11 is 4.67. The van der Waals surface area contributed by atoms with Gasteiger partial charge < -0.3 is 5.73 Å². The second-order valence-electron chi connectivity index (χ2n) is 1.89. The standard InChI is InChI=1S/C6H7N3S/c1-4-2-3-8-6(9-4)5(7)10/h2-3H,1H3,(H2,7,10). The zero-order valence-corrected chi connectivity index (χ0v) is 6.35. The Bertz CT molecular complexity index is 259. The third-order valence-electron chi connectivity index (χ3n) is 1.02. The fourth-order valence-electron chi connectivity index (χ4n) is 0.568. The Balaban J connectivity index is 3.07. The molecule has 4 heteroatoms. The van der Waals surface area contributed by atoms with Crippen LogP contribution in [0.15, 0.2) is 12.3 Å². The van der Waals surface area contributed by atoms with Gasteiger partial charge in [-0.25, -0.2) is 9.97 Å². The van der Waals surface area contributed by atoms with Crippen molar-refractivity contribution in [3.63, 3.8) is 0 Å². The van der Waals surface area contributed by atoms with Crippen molar-refractivity contribution in [2.75, 3.05) is 0 Å². The lowest BCUT2D eigenvalue weighted by molar-refractivity contribution is 1.08. The highest BCUT2D eigenvalue weighted by molar-refractivity contribution is 7.80. The molecule has 0 fully saturated rings. The fraction of sp³-hybridized carbons (Fsp3) is 0.167. The molecule has 0 bridgehead atoms. The number of thiocarbonyl (C=S) groups is 1. The van der Waals surface area contributed by atoms with Crippen LogP contribution in [-0.2, 0) is 0 Å². The average Bonchev–Trinajstić information content (AvgIpc) is 1.88. The summed E-state index contributed by atoms with van der Waals surface area (Å²) in [6, 6.07) is 1.79. The zero-order valence-electron chi connectivity index (χ0n) is 5.53. The van der Waals surface area contributed by atoms with E-state index < -0.39 is 0 Å². The van der Waals surface area contributed by atoms with Gasteiger partial charge in [-0.15, -0.1) is 0 Å². The Morgan fingerprint density at radius 2 is 2.40 bits per heavy atom. The summed E-state index contributed by atoms with van der Waals surface area (Å²) in [6.45, 7) is 1.86. The molecule has 1 aromatic rings. The molecule has 0 spiro atoms. The third kappa shape index (κ3) is 1.48. The minimum atomic E-state index is 0.240. The quantitative estimate of drug-likeness (QED) is 0.594. The van der Waals surface area contributed by atoms with Crippen molar-refractivity contribution in [2.45, 2.75) is 6.92 Å². The number of rotatable bonds is 1. The largest absolute Gasteiger partial charge is 0.387 e. The van der Waals surface area contributed by atoms with E-state index in [4.69, 9.17) is 5.73 Å². The Morgan fingerprint density at radius 3 is 2.80 bits per heavy atom. The van der Waals surface area contributed by atoms with E-state index in [0.29, 0.717) is 5.82 Å². The second kappa shape index (κ2) is 2.70. The molecule has 0 aliphatic carbocycles. The van der Waals surface area contributed by atoms with E-state index in [0.717, 1.165) is 5.69 Å². The Kier molecular flexibility index (Phi) is 1.91. The smallest absolute Gasteiger partial charge is 0.187 e. The number of hydrogen-bond donors (Lipinski definition) is 1. The van der Waals surface area contributed by atoms with Crippen LogP contribution in [0.4, 0.5) is 0 Å². The van der Waals surface area contributed by atoms with Crippen LogP contribution in [-0.4, -0.2) is 15.0 Å². The Morgan fingerprint density at radius 1 is 1.70 bits per heavy atom. The van der Waals surface area contributed by atoms with Crippen molar-refractivity contribution in [3.8, 4) is 0 Å². The molecule has 0 saturated carbocycles. The molecule has 0 atom stereocenters. The van der Waals surface area contributed by atoms with Gasteiger partial charge in [0.25, 0.3) is 0 Å². The highest BCUT2D eigenvalue weighted by Gasteiger charge is 1.96. The van der Waals surface area contributed by atoms with Crippen molar-refractivity contribution < 1.29 is 0 Å². The van der Waals surface area contributed by atoms with Gasteiger partial charge in [-0.1, -0.05) is 12.2 Å². The van der Waals surface area contributed by atoms with Gasteiger partial charge in [-0.2, -0.15) is 0 Å². The highest BCUT2D eigenvalue weighted by Crippen LogP contribution is 1.91.